The number of hydrogen-bond donors (Lipinski definition) is 0. The van der Waals surface area contributed by atoms with Gasteiger partial charge < -0.3 is 14.2 Å². The van der Waals surface area contributed by atoms with Crippen molar-refractivity contribution in [3.63, 3.8) is 0 Å². The number of halogens is 1. The molecule has 26 heavy (non-hydrogen) atoms. The molecule has 0 bridgehead atoms. The summed E-state index contributed by atoms with van der Waals surface area (Å²) >= 11 is 3.38. The van der Waals surface area contributed by atoms with Gasteiger partial charge >= 0.3 is 0 Å². The van der Waals surface area contributed by atoms with E-state index >= 15 is 0 Å². The first-order chi connectivity index (χ1) is 12.7. The highest BCUT2D eigenvalue weighted by Crippen LogP contribution is 2.38. The van der Waals surface area contributed by atoms with Crippen molar-refractivity contribution >= 4 is 21.7 Å². The molecule has 0 N–H and O–H groups in total. The number of ketones is 1. The average Bonchev–Trinajstić information content (AvgIpc) is 3.14. The smallest absolute Gasteiger partial charge is 0.247 e. The van der Waals surface area contributed by atoms with E-state index in [-0.39, 0.29) is 24.2 Å². The molecule has 0 fully saturated rings. The van der Waals surface area contributed by atoms with Gasteiger partial charge in [0.05, 0.1) is 7.11 Å². The summed E-state index contributed by atoms with van der Waals surface area (Å²) in [6.45, 7) is 0.121. The molecule has 0 radical (unpaired) electrons. The van der Waals surface area contributed by atoms with E-state index in [9.17, 15) is 4.79 Å². The zero-order valence-electron chi connectivity index (χ0n) is 13.6. The van der Waals surface area contributed by atoms with E-state index < -0.39 is 0 Å². The van der Waals surface area contributed by atoms with E-state index in [1.54, 1.807) is 12.1 Å². The lowest BCUT2D eigenvalue weighted by atomic mass is 10.1. The topological polar surface area (TPSA) is 83.4 Å². The summed E-state index contributed by atoms with van der Waals surface area (Å²) in [5.74, 6) is 1.17. The Morgan fingerprint density at radius 2 is 1.85 bits per heavy atom. The van der Waals surface area contributed by atoms with Gasteiger partial charge in [0, 0.05) is 15.6 Å². The maximum Gasteiger partial charge on any atom is 0.247 e. The van der Waals surface area contributed by atoms with Crippen LogP contribution in [0.25, 0.3) is 11.4 Å². The maximum atomic E-state index is 12.9. The fourth-order valence-electron chi connectivity index (χ4n) is 2.52. The van der Waals surface area contributed by atoms with Crippen LogP contribution in [0, 0.1) is 0 Å². The van der Waals surface area contributed by atoms with Gasteiger partial charge in [0.25, 0.3) is 0 Å². The first kappa shape index (κ1) is 16.5. The molecule has 1 aliphatic heterocycles. The molecular weight excluding hydrogens is 402 g/mol. The van der Waals surface area contributed by atoms with Gasteiger partial charge in [-0.2, -0.15) is 4.98 Å². The maximum absolute atomic E-state index is 12.9. The Morgan fingerprint density at radius 3 is 2.58 bits per heavy atom. The Bertz CT molecular complexity index is 995. The van der Waals surface area contributed by atoms with Crippen LogP contribution in [-0.4, -0.2) is 34.9 Å². The third kappa shape index (κ3) is 2.88. The van der Waals surface area contributed by atoms with Gasteiger partial charge in [0.1, 0.15) is 0 Å². The number of fused-ring (bicyclic) bond motifs is 1. The molecule has 4 rings (SSSR count). The van der Waals surface area contributed by atoms with Crippen molar-refractivity contribution in [1.82, 2.24) is 15.2 Å². The van der Waals surface area contributed by atoms with Gasteiger partial charge in [0.2, 0.25) is 18.5 Å². The van der Waals surface area contributed by atoms with Crippen LogP contribution in [0.1, 0.15) is 16.1 Å². The van der Waals surface area contributed by atoms with Gasteiger partial charge in [-0.3, -0.25) is 4.79 Å². The quantitative estimate of drug-likeness (QED) is 0.606. The molecule has 1 aromatic heterocycles. The van der Waals surface area contributed by atoms with E-state index in [0.717, 1.165) is 5.56 Å². The van der Waals surface area contributed by atoms with Gasteiger partial charge in [-0.05, 0) is 28.1 Å². The summed E-state index contributed by atoms with van der Waals surface area (Å²) in [6.07, 6.45) is 0. The Hall–Kier alpha value is -3.00. The molecule has 7 nitrogen and oxygen atoms in total. The summed E-state index contributed by atoms with van der Waals surface area (Å²) in [6, 6.07) is 12.6. The van der Waals surface area contributed by atoms with Crippen LogP contribution in [0.5, 0.6) is 17.4 Å². The summed E-state index contributed by atoms with van der Waals surface area (Å²) in [7, 11) is 1.43. The molecule has 0 saturated heterocycles. The molecular formula is C18H12BrN3O4. The fourth-order valence-corrected chi connectivity index (χ4v) is 3.03. The van der Waals surface area contributed by atoms with Gasteiger partial charge in [-0.25, -0.2) is 0 Å². The highest BCUT2D eigenvalue weighted by Gasteiger charge is 2.25. The first-order valence-electron chi connectivity index (χ1n) is 7.65. The molecule has 0 aliphatic carbocycles. The second-order valence-electron chi connectivity index (χ2n) is 5.37. The largest absolute Gasteiger partial charge is 0.479 e. The lowest BCUT2D eigenvalue weighted by Gasteiger charge is -2.09. The van der Waals surface area contributed by atoms with Crippen LogP contribution >= 0.6 is 15.9 Å². The van der Waals surface area contributed by atoms with Crippen molar-refractivity contribution in [2.75, 3.05) is 13.9 Å². The number of hydrogen-bond acceptors (Lipinski definition) is 7. The van der Waals surface area contributed by atoms with E-state index in [1.807, 2.05) is 30.3 Å². The number of rotatable bonds is 4. The number of aromatic nitrogens is 3. The highest BCUT2D eigenvalue weighted by atomic mass is 79.9. The van der Waals surface area contributed by atoms with Crippen molar-refractivity contribution < 1.29 is 19.0 Å². The number of ether oxygens (including phenoxy) is 3. The molecule has 2 heterocycles. The predicted molar refractivity (Wildman–Crippen MR) is 95.5 cm³/mol. The second kappa shape index (κ2) is 6.72. The van der Waals surface area contributed by atoms with Crippen LogP contribution < -0.4 is 14.2 Å². The number of methoxy groups -OCH3 is 1. The summed E-state index contributed by atoms with van der Waals surface area (Å²) in [5, 5.41) is 8.13. The molecule has 0 spiro atoms. The molecule has 0 saturated carbocycles. The number of carbonyl (C=O) groups excluding carboxylic acids is 1. The van der Waals surface area contributed by atoms with Gasteiger partial charge in [-0.1, -0.05) is 30.3 Å². The normalized spacial score (nSPS) is 12.1. The molecule has 3 aromatic rings. The molecule has 0 unspecified atom stereocenters. The van der Waals surface area contributed by atoms with E-state index in [2.05, 4.69) is 31.1 Å². The predicted octanol–water partition coefficient (Wildman–Crippen LogP) is 3.27. The first-order valence-corrected chi connectivity index (χ1v) is 8.44. The monoisotopic (exact) mass is 413 g/mol. The molecule has 130 valence electrons. The minimum absolute atomic E-state index is 0.0201. The third-order valence-electron chi connectivity index (χ3n) is 3.80. The van der Waals surface area contributed by atoms with Crippen LogP contribution in [0.2, 0.25) is 0 Å². The third-order valence-corrected chi connectivity index (χ3v) is 4.46. The van der Waals surface area contributed by atoms with Crippen LogP contribution in [-0.2, 0) is 0 Å². The average molecular weight is 414 g/mol. The summed E-state index contributed by atoms with van der Waals surface area (Å²) < 4.78 is 16.5. The van der Waals surface area contributed by atoms with Gasteiger partial charge in [0.15, 0.2) is 23.0 Å². The second-order valence-corrected chi connectivity index (χ2v) is 6.23. The fraction of sp³-hybridized carbons (Fsp3) is 0.111. The Balaban J connectivity index is 1.75. The van der Waals surface area contributed by atoms with Gasteiger partial charge in [-0.15, -0.1) is 10.2 Å². The minimum atomic E-state index is -0.383. The van der Waals surface area contributed by atoms with Crippen molar-refractivity contribution in [2.24, 2.45) is 0 Å². The zero-order valence-corrected chi connectivity index (χ0v) is 15.2. The van der Waals surface area contributed by atoms with Crippen molar-refractivity contribution in [1.29, 1.82) is 0 Å². The molecule has 1 aliphatic rings. The summed E-state index contributed by atoms with van der Waals surface area (Å²) in [5.41, 5.74) is 1.16. The minimum Gasteiger partial charge on any atom is -0.479 e. The Labute approximate surface area is 157 Å². The van der Waals surface area contributed by atoms with E-state index in [1.165, 1.54) is 7.11 Å². The van der Waals surface area contributed by atoms with Crippen molar-refractivity contribution in [3.05, 3.63) is 58.2 Å². The molecule has 8 heteroatoms. The van der Waals surface area contributed by atoms with Crippen LogP contribution in [0.4, 0.5) is 0 Å². The number of carbonyl (C=O) groups is 1. The highest BCUT2D eigenvalue weighted by molar-refractivity contribution is 9.10. The molecule has 0 atom stereocenters. The standard InChI is InChI=1S/C18H12BrN3O4/c1-24-18-15(21-22-17(20-18)10-5-3-2-4-6-10)16(23)11-7-13-14(8-12(11)19)26-9-25-13/h2-8H,9H2,1H3. The molecule has 2 aromatic carbocycles. The Kier molecular flexibility index (Phi) is 4.26. The van der Waals surface area contributed by atoms with Crippen molar-refractivity contribution in [2.45, 2.75) is 0 Å². The van der Waals surface area contributed by atoms with E-state index in [0.29, 0.717) is 27.4 Å². The zero-order chi connectivity index (χ0) is 18.1. The van der Waals surface area contributed by atoms with E-state index in [4.69, 9.17) is 14.2 Å². The van der Waals surface area contributed by atoms with Crippen LogP contribution in [0.15, 0.2) is 46.9 Å². The number of nitrogens with zero attached hydrogens (tertiary/aromatic N) is 3. The van der Waals surface area contributed by atoms with Crippen LogP contribution in [0.3, 0.4) is 0 Å². The lowest BCUT2D eigenvalue weighted by Crippen LogP contribution is -2.11. The lowest BCUT2D eigenvalue weighted by molar-refractivity contribution is 0.102. The molecule has 0 amide bonds. The SMILES string of the molecule is COc1nc(-c2ccccc2)nnc1C(=O)c1cc2c(cc1Br)OCO2. The number of benzene rings is 2. The Morgan fingerprint density at radius 1 is 1.12 bits per heavy atom. The summed E-state index contributed by atoms with van der Waals surface area (Å²) in [4.78, 5) is 17.3. The van der Waals surface area contributed by atoms with Crippen molar-refractivity contribution in [3.8, 4) is 28.8 Å².